The quantitative estimate of drug-likeness (QED) is 0.842. The molecule has 1 aromatic carbocycles. The third-order valence-electron chi connectivity index (χ3n) is 3.52. The van der Waals surface area contributed by atoms with Gasteiger partial charge in [-0.3, -0.25) is 0 Å². The number of nitrogens with zero attached hydrogens (tertiary/aromatic N) is 1. The van der Waals surface area contributed by atoms with Gasteiger partial charge in [-0.25, -0.2) is 4.98 Å². The molecule has 1 aliphatic carbocycles. The molecule has 0 radical (unpaired) electrons. The van der Waals surface area contributed by atoms with E-state index in [1.54, 1.807) is 0 Å². The van der Waals surface area contributed by atoms with Gasteiger partial charge in [0.1, 0.15) is 5.82 Å². The first-order valence-corrected chi connectivity index (χ1v) is 5.99. The molecule has 2 heterocycles. The van der Waals surface area contributed by atoms with E-state index in [4.69, 9.17) is 15.2 Å². The number of hydrogen-bond donors (Lipinski definition) is 2. The topological polar surface area (TPSA) is 73.2 Å². The number of ether oxygens (including phenoxy) is 2. The Morgan fingerprint density at radius 2 is 2.06 bits per heavy atom. The number of rotatable bonds is 2. The zero-order valence-corrected chi connectivity index (χ0v) is 9.77. The van der Waals surface area contributed by atoms with Crippen molar-refractivity contribution in [3.05, 3.63) is 30.2 Å². The first-order valence-electron chi connectivity index (χ1n) is 5.99. The highest BCUT2D eigenvalue weighted by atomic mass is 16.7. The lowest BCUT2D eigenvalue weighted by molar-refractivity contribution is 0.174. The summed E-state index contributed by atoms with van der Waals surface area (Å²) in [6.45, 7) is 0.291. The number of nitrogens with two attached hydrogens (primary N) is 1. The summed E-state index contributed by atoms with van der Waals surface area (Å²) >= 11 is 0. The zero-order chi connectivity index (χ0) is 12.2. The minimum Gasteiger partial charge on any atom is -0.454 e. The van der Waals surface area contributed by atoms with Crippen molar-refractivity contribution in [3.63, 3.8) is 0 Å². The summed E-state index contributed by atoms with van der Waals surface area (Å²) in [6, 6.07) is 5.85. The minimum absolute atomic E-state index is 0.228. The average molecular weight is 243 g/mol. The van der Waals surface area contributed by atoms with Crippen LogP contribution < -0.4 is 15.2 Å². The van der Waals surface area contributed by atoms with Gasteiger partial charge in [0.05, 0.1) is 17.4 Å². The molecule has 2 aromatic rings. The number of H-pyrrole nitrogens is 1. The zero-order valence-electron chi connectivity index (χ0n) is 9.77. The van der Waals surface area contributed by atoms with Crippen molar-refractivity contribution in [2.45, 2.75) is 18.4 Å². The van der Waals surface area contributed by atoms with Crippen LogP contribution >= 0.6 is 0 Å². The summed E-state index contributed by atoms with van der Waals surface area (Å²) in [5.74, 6) is 2.43. The molecule has 1 fully saturated rings. The molecule has 92 valence electrons. The van der Waals surface area contributed by atoms with E-state index in [1.165, 1.54) is 0 Å². The molecular formula is C13H13N3O2. The van der Waals surface area contributed by atoms with Crippen LogP contribution in [0.15, 0.2) is 24.4 Å². The number of imidazole rings is 1. The van der Waals surface area contributed by atoms with Crippen LogP contribution in [0.2, 0.25) is 0 Å². The van der Waals surface area contributed by atoms with Gasteiger partial charge in [-0.2, -0.15) is 0 Å². The second-order valence-electron chi connectivity index (χ2n) is 4.87. The highest BCUT2D eigenvalue weighted by Crippen LogP contribution is 2.42. The highest BCUT2D eigenvalue weighted by Gasteiger charge is 2.42. The lowest BCUT2D eigenvalue weighted by atomic mass is 10.1. The third-order valence-corrected chi connectivity index (χ3v) is 3.52. The van der Waals surface area contributed by atoms with Crippen LogP contribution in [0.3, 0.4) is 0 Å². The van der Waals surface area contributed by atoms with E-state index in [-0.39, 0.29) is 5.54 Å². The van der Waals surface area contributed by atoms with E-state index in [1.807, 2.05) is 24.4 Å². The van der Waals surface area contributed by atoms with Gasteiger partial charge in [0.15, 0.2) is 11.5 Å². The van der Waals surface area contributed by atoms with E-state index < -0.39 is 0 Å². The molecule has 0 saturated heterocycles. The van der Waals surface area contributed by atoms with Gasteiger partial charge in [-0.05, 0) is 31.0 Å². The molecule has 18 heavy (non-hydrogen) atoms. The van der Waals surface area contributed by atoms with Crippen LogP contribution in [-0.2, 0) is 5.54 Å². The molecular weight excluding hydrogens is 230 g/mol. The first kappa shape index (κ1) is 9.96. The van der Waals surface area contributed by atoms with Crippen molar-refractivity contribution < 1.29 is 9.47 Å². The Hall–Kier alpha value is -2.01. The van der Waals surface area contributed by atoms with Crippen LogP contribution in [0.1, 0.15) is 18.7 Å². The fourth-order valence-corrected chi connectivity index (χ4v) is 2.16. The van der Waals surface area contributed by atoms with Crippen molar-refractivity contribution in [1.29, 1.82) is 0 Å². The van der Waals surface area contributed by atoms with Gasteiger partial charge in [0.25, 0.3) is 0 Å². The molecule has 4 rings (SSSR count). The molecule has 1 aromatic heterocycles. The second-order valence-corrected chi connectivity index (χ2v) is 4.87. The normalized spacial score (nSPS) is 18.9. The summed E-state index contributed by atoms with van der Waals surface area (Å²) in [5.41, 5.74) is 7.87. The SMILES string of the molecule is NC1(c2ncc(-c3ccc4c(c3)OCO4)[nH]2)CC1. The summed E-state index contributed by atoms with van der Waals surface area (Å²) < 4.78 is 10.7. The van der Waals surface area contributed by atoms with E-state index in [0.29, 0.717) is 6.79 Å². The minimum atomic E-state index is -0.228. The Morgan fingerprint density at radius 3 is 2.89 bits per heavy atom. The van der Waals surface area contributed by atoms with Gasteiger partial charge in [0, 0.05) is 5.56 Å². The van der Waals surface area contributed by atoms with Crippen LogP contribution in [0.25, 0.3) is 11.3 Å². The number of aromatic amines is 1. The molecule has 0 spiro atoms. The van der Waals surface area contributed by atoms with Crippen molar-refractivity contribution in [2.75, 3.05) is 6.79 Å². The van der Waals surface area contributed by atoms with Gasteiger partial charge >= 0.3 is 0 Å². The molecule has 0 amide bonds. The third kappa shape index (κ3) is 1.41. The Kier molecular flexibility index (Phi) is 1.81. The Bertz CT molecular complexity index is 616. The lowest BCUT2D eigenvalue weighted by Crippen LogP contribution is -2.20. The Balaban J connectivity index is 1.72. The monoisotopic (exact) mass is 243 g/mol. The molecule has 0 atom stereocenters. The van der Waals surface area contributed by atoms with Crippen LogP contribution in [0.4, 0.5) is 0 Å². The number of fused-ring (bicyclic) bond motifs is 1. The predicted octanol–water partition coefficient (Wildman–Crippen LogP) is 1.75. The fourth-order valence-electron chi connectivity index (χ4n) is 2.16. The molecule has 0 unspecified atom stereocenters. The maximum Gasteiger partial charge on any atom is 0.231 e. The number of nitrogens with one attached hydrogen (secondary N) is 1. The van der Waals surface area contributed by atoms with Crippen LogP contribution in [-0.4, -0.2) is 16.8 Å². The van der Waals surface area contributed by atoms with Gasteiger partial charge in [-0.1, -0.05) is 0 Å². The van der Waals surface area contributed by atoms with Crippen molar-refractivity contribution in [1.82, 2.24) is 9.97 Å². The lowest BCUT2D eigenvalue weighted by Gasteiger charge is -2.03. The summed E-state index contributed by atoms with van der Waals surface area (Å²) in [5, 5.41) is 0. The van der Waals surface area contributed by atoms with Crippen LogP contribution in [0.5, 0.6) is 11.5 Å². The maximum absolute atomic E-state index is 6.11. The van der Waals surface area contributed by atoms with E-state index in [2.05, 4.69) is 9.97 Å². The molecule has 2 aliphatic rings. The summed E-state index contributed by atoms with van der Waals surface area (Å²) in [6.07, 6.45) is 3.82. The number of benzene rings is 1. The van der Waals surface area contributed by atoms with Crippen molar-refractivity contribution >= 4 is 0 Å². The largest absolute Gasteiger partial charge is 0.454 e. The molecule has 5 nitrogen and oxygen atoms in total. The average Bonchev–Trinajstić information content (AvgIpc) is 2.89. The second kappa shape index (κ2) is 3.26. The number of hydrogen-bond acceptors (Lipinski definition) is 4. The predicted molar refractivity (Wildman–Crippen MR) is 65.2 cm³/mol. The first-order chi connectivity index (χ1) is 8.74. The molecule has 5 heteroatoms. The summed E-state index contributed by atoms with van der Waals surface area (Å²) in [7, 11) is 0. The standard InChI is InChI=1S/C13H13N3O2/c14-13(3-4-13)12-15-6-9(16-12)8-1-2-10-11(5-8)18-7-17-10/h1-2,5-6H,3-4,7,14H2,(H,15,16). The molecule has 1 saturated carbocycles. The van der Waals surface area contributed by atoms with E-state index in [9.17, 15) is 0 Å². The van der Waals surface area contributed by atoms with E-state index in [0.717, 1.165) is 41.4 Å². The molecule has 3 N–H and O–H groups in total. The highest BCUT2D eigenvalue weighted by molar-refractivity contribution is 5.64. The van der Waals surface area contributed by atoms with Crippen molar-refractivity contribution in [3.8, 4) is 22.8 Å². The fraction of sp³-hybridized carbons (Fsp3) is 0.308. The van der Waals surface area contributed by atoms with Gasteiger partial charge in [-0.15, -0.1) is 0 Å². The van der Waals surface area contributed by atoms with Gasteiger partial charge in [0.2, 0.25) is 6.79 Å². The maximum atomic E-state index is 6.11. The number of aromatic nitrogens is 2. The van der Waals surface area contributed by atoms with Crippen LogP contribution in [0, 0.1) is 0 Å². The Labute approximate surface area is 104 Å². The van der Waals surface area contributed by atoms with Gasteiger partial charge < -0.3 is 20.2 Å². The smallest absolute Gasteiger partial charge is 0.231 e. The molecule has 1 aliphatic heterocycles. The van der Waals surface area contributed by atoms with E-state index >= 15 is 0 Å². The Morgan fingerprint density at radius 1 is 1.22 bits per heavy atom. The molecule has 0 bridgehead atoms. The summed E-state index contributed by atoms with van der Waals surface area (Å²) in [4.78, 5) is 7.66. The van der Waals surface area contributed by atoms with Crippen molar-refractivity contribution in [2.24, 2.45) is 5.73 Å².